The zero-order valence-corrected chi connectivity index (χ0v) is 15.0. The van der Waals surface area contributed by atoms with E-state index in [0.29, 0.717) is 0 Å². The highest BCUT2D eigenvalue weighted by atomic mass is 33.1. The molecule has 0 aromatic rings. The van der Waals surface area contributed by atoms with E-state index in [1.54, 1.807) is 0 Å². The van der Waals surface area contributed by atoms with Crippen LogP contribution in [0.25, 0.3) is 0 Å². The van der Waals surface area contributed by atoms with Crippen molar-refractivity contribution in [2.75, 3.05) is 39.3 Å². The highest BCUT2D eigenvalue weighted by molar-refractivity contribution is 8.77. The summed E-state index contributed by atoms with van der Waals surface area (Å²) in [6.45, 7) is 12.7. The first-order valence-corrected chi connectivity index (χ1v) is 10.8. The van der Waals surface area contributed by atoms with Crippen LogP contribution in [0.15, 0.2) is 0 Å². The van der Waals surface area contributed by atoms with Crippen LogP contribution in [-0.2, 0) is 0 Å². The van der Waals surface area contributed by atoms with E-state index in [1.165, 1.54) is 77.8 Å². The van der Waals surface area contributed by atoms with E-state index in [2.05, 4.69) is 45.2 Å². The van der Waals surface area contributed by atoms with E-state index < -0.39 is 0 Å². The molecule has 2 saturated heterocycles. The predicted octanol–water partition coefficient (Wildman–Crippen LogP) is 4.12. The Morgan fingerprint density at radius 2 is 1.00 bits per heavy atom. The van der Waals surface area contributed by atoms with Crippen molar-refractivity contribution in [3.63, 3.8) is 0 Å². The Bertz CT molecular complexity index is 225. The maximum absolute atomic E-state index is 2.66. The van der Waals surface area contributed by atoms with Gasteiger partial charge >= 0.3 is 0 Å². The molecule has 2 rings (SSSR count). The summed E-state index contributed by atoms with van der Waals surface area (Å²) in [5.41, 5.74) is 0. The van der Waals surface area contributed by atoms with Crippen molar-refractivity contribution in [2.24, 2.45) is 0 Å². The molecule has 2 nitrogen and oxygen atoms in total. The predicted molar refractivity (Wildman–Crippen MR) is 94.7 cm³/mol. The van der Waals surface area contributed by atoms with Gasteiger partial charge in [0.1, 0.15) is 0 Å². The van der Waals surface area contributed by atoms with E-state index in [9.17, 15) is 0 Å². The fourth-order valence-corrected chi connectivity index (χ4v) is 5.69. The number of likely N-dealkylation sites (tertiary alicyclic amines) is 2. The van der Waals surface area contributed by atoms with Gasteiger partial charge in [-0.1, -0.05) is 48.3 Å². The van der Waals surface area contributed by atoms with E-state index in [1.807, 2.05) is 0 Å². The van der Waals surface area contributed by atoms with Crippen molar-refractivity contribution in [2.45, 2.75) is 62.9 Å². The third-order valence-electron chi connectivity index (χ3n) is 4.31. The molecular weight excluding hydrogens is 284 g/mol. The van der Waals surface area contributed by atoms with Crippen molar-refractivity contribution in [3.05, 3.63) is 0 Å². The summed E-state index contributed by atoms with van der Waals surface area (Å²) < 4.78 is 0. The lowest BCUT2D eigenvalue weighted by atomic mass is 10.1. The largest absolute Gasteiger partial charge is 0.302 e. The van der Waals surface area contributed by atoms with Crippen LogP contribution in [0.4, 0.5) is 0 Å². The Morgan fingerprint density at radius 3 is 1.35 bits per heavy atom. The summed E-state index contributed by atoms with van der Waals surface area (Å²) in [7, 11) is 4.23. The van der Waals surface area contributed by atoms with Gasteiger partial charge in [-0.25, -0.2) is 0 Å². The third kappa shape index (κ3) is 6.59. The number of hydrogen-bond acceptors (Lipinski definition) is 4. The van der Waals surface area contributed by atoms with Crippen molar-refractivity contribution < 1.29 is 0 Å². The van der Waals surface area contributed by atoms with Crippen LogP contribution in [0, 0.1) is 0 Å². The fourth-order valence-electron chi connectivity index (χ4n) is 3.26. The zero-order chi connectivity index (χ0) is 14.2. The quantitative estimate of drug-likeness (QED) is 0.652. The lowest BCUT2D eigenvalue weighted by Crippen LogP contribution is -2.35. The minimum Gasteiger partial charge on any atom is -0.302 e. The fraction of sp³-hybridized carbons (Fsp3) is 1.00. The first-order valence-electron chi connectivity index (χ1n) is 8.51. The molecule has 2 atom stereocenters. The molecule has 0 aromatic heterocycles. The molecule has 2 aliphatic heterocycles. The molecular formula is C16H32N2S2. The van der Waals surface area contributed by atoms with Gasteiger partial charge in [-0.15, -0.1) is 0 Å². The van der Waals surface area contributed by atoms with Crippen LogP contribution in [0.3, 0.4) is 0 Å². The number of hydrogen-bond donors (Lipinski definition) is 0. The molecule has 4 heteroatoms. The van der Waals surface area contributed by atoms with E-state index in [-0.39, 0.29) is 0 Å². The summed E-state index contributed by atoms with van der Waals surface area (Å²) in [5, 5.41) is 1.53. The molecule has 118 valence electrons. The van der Waals surface area contributed by atoms with Crippen LogP contribution >= 0.6 is 21.6 Å². The Labute approximate surface area is 133 Å². The molecule has 2 heterocycles. The maximum atomic E-state index is 2.66. The number of piperidine rings is 2. The van der Waals surface area contributed by atoms with E-state index >= 15 is 0 Å². The molecule has 2 fully saturated rings. The summed E-state index contributed by atoms with van der Waals surface area (Å²) in [6, 6.07) is 0. The second-order valence-corrected chi connectivity index (χ2v) is 9.69. The van der Waals surface area contributed by atoms with E-state index in [0.717, 1.165) is 10.5 Å². The third-order valence-corrected chi connectivity index (χ3v) is 7.68. The van der Waals surface area contributed by atoms with Crippen molar-refractivity contribution in [1.82, 2.24) is 9.80 Å². The molecule has 0 bridgehead atoms. The molecule has 2 unspecified atom stereocenters. The van der Waals surface area contributed by atoms with Gasteiger partial charge in [-0.05, 0) is 51.9 Å². The highest BCUT2D eigenvalue weighted by Crippen LogP contribution is 2.32. The smallest absolute Gasteiger partial charge is 0.0250 e. The molecule has 0 spiro atoms. The average Bonchev–Trinajstić information content (AvgIpc) is 2.47. The van der Waals surface area contributed by atoms with Crippen LogP contribution in [0.5, 0.6) is 0 Å². The summed E-state index contributed by atoms with van der Waals surface area (Å²) in [4.78, 5) is 5.33. The van der Waals surface area contributed by atoms with Crippen LogP contribution in [0.2, 0.25) is 0 Å². The molecule has 0 N–H and O–H groups in total. The second-order valence-electron chi connectivity index (χ2n) is 6.54. The first-order chi connectivity index (χ1) is 9.74. The monoisotopic (exact) mass is 316 g/mol. The summed E-state index contributed by atoms with van der Waals surface area (Å²) in [5.74, 6) is 0. The molecule has 0 saturated carbocycles. The first kappa shape index (κ1) is 17.0. The molecule has 2 aliphatic rings. The Morgan fingerprint density at radius 1 is 0.650 bits per heavy atom. The highest BCUT2D eigenvalue weighted by Gasteiger charge is 2.17. The van der Waals surface area contributed by atoms with Crippen LogP contribution in [0.1, 0.15) is 52.4 Å². The lowest BCUT2D eigenvalue weighted by Gasteiger charge is -2.30. The molecule has 0 aromatic carbocycles. The van der Waals surface area contributed by atoms with E-state index in [4.69, 9.17) is 0 Å². The minimum atomic E-state index is 0.766. The lowest BCUT2D eigenvalue weighted by molar-refractivity contribution is 0.231. The summed E-state index contributed by atoms with van der Waals surface area (Å²) >= 11 is 0. The van der Waals surface area contributed by atoms with Gasteiger partial charge in [-0.2, -0.15) is 0 Å². The summed E-state index contributed by atoms with van der Waals surface area (Å²) in [6.07, 6.45) is 8.54. The van der Waals surface area contributed by atoms with Gasteiger partial charge in [-0.3, -0.25) is 0 Å². The van der Waals surface area contributed by atoms with Crippen LogP contribution < -0.4 is 0 Å². The molecule has 0 aliphatic carbocycles. The standard InChI is InChI=1S/C16H32N2S2/c1-15(13-17-9-5-3-6-10-17)19-20-16(2)14-18-11-7-4-8-12-18/h15-16H,3-14H2,1-2H3. The number of nitrogens with zero attached hydrogens (tertiary/aromatic N) is 2. The topological polar surface area (TPSA) is 6.48 Å². The van der Waals surface area contributed by atoms with Gasteiger partial charge in [0.2, 0.25) is 0 Å². The number of rotatable bonds is 7. The second kappa shape index (κ2) is 9.60. The Hall–Kier alpha value is 0.620. The van der Waals surface area contributed by atoms with Gasteiger partial charge in [0.25, 0.3) is 0 Å². The molecule has 0 amide bonds. The zero-order valence-electron chi connectivity index (χ0n) is 13.4. The SMILES string of the molecule is CC(CN1CCCCC1)SSC(C)CN1CCCCC1. The molecule has 20 heavy (non-hydrogen) atoms. The maximum Gasteiger partial charge on any atom is 0.0250 e. The molecule has 0 radical (unpaired) electrons. The van der Waals surface area contributed by atoms with Crippen LogP contribution in [-0.4, -0.2) is 59.6 Å². The normalized spacial score (nSPS) is 25.5. The van der Waals surface area contributed by atoms with Crippen molar-refractivity contribution in [3.8, 4) is 0 Å². The van der Waals surface area contributed by atoms with Crippen molar-refractivity contribution in [1.29, 1.82) is 0 Å². The Kier molecular flexibility index (Phi) is 8.15. The Balaban J connectivity index is 1.55. The minimum absolute atomic E-state index is 0.766. The van der Waals surface area contributed by atoms with Gasteiger partial charge in [0.15, 0.2) is 0 Å². The van der Waals surface area contributed by atoms with Crippen molar-refractivity contribution >= 4 is 21.6 Å². The average molecular weight is 317 g/mol. The van der Waals surface area contributed by atoms with Gasteiger partial charge < -0.3 is 9.80 Å². The van der Waals surface area contributed by atoms with Gasteiger partial charge in [0, 0.05) is 23.6 Å². The van der Waals surface area contributed by atoms with Gasteiger partial charge in [0.05, 0.1) is 0 Å².